The Kier molecular flexibility index (Phi) is 3.76. The average Bonchev–Trinajstić information content (AvgIpc) is 3.04. The molecule has 3 aromatic rings. The molecule has 0 atom stereocenters. The maximum Gasteiger partial charge on any atom is 0.339 e. The number of hydrogen-bond donors (Lipinski definition) is 0. The van der Waals surface area contributed by atoms with E-state index in [4.69, 9.17) is 14.2 Å². The van der Waals surface area contributed by atoms with Gasteiger partial charge in [0.1, 0.15) is 24.6 Å². The first-order valence-corrected chi connectivity index (χ1v) is 8.06. The minimum absolute atomic E-state index is 0.379. The van der Waals surface area contributed by atoms with Gasteiger partial charge in [0.2, 0.25) is 0 Å². The molecule has 1 aliphatic heterocycles. The number of ether oxygens (including phenoxy) is 3. The minimum Gasteiger partial charge on any atom is -0.486 e. The highest BCUT2D eigenvalue weighted by molar-refractivity contribution is 5.92. The standard InChI is InChI=1S/C18H17N3O4/c1-3-21-16(11-4-5-14-15(9-11)25-7-6-24-14)20-13-8-12(18(22)23-2)10-19-17(13)21/h4-5,8-10H,3,6-7H2,1-2H3. The number of carbonyl (C=O) groups excluding carboxylic acids is 1. The second-order valence-corrected chi connectivity index (χ2v) is 5.60. The Labute approximate surface area is 144 Å². The molecule has 7 nitrogen and oxygen atoms in total. The molecule has 0 N–H and O–H groups in total. The highest BCUT2D eigenvalue weighted by atomic mass is 16.6. The summed E-state index contributed by atoms with van der Waals surface area (Å²) in [6.45, 7) is 3.81. The number of fused-ring (bicyclic) bond motifs is 2. The Morgan fingerprint density at radius 1 is 1.24 bits per heavy atom. The Hall–Kier alpha value is -3.09. The third-order valence-corrected chi connectivity index (χ3v) is 4.12. The number of imidazole rings is 1. The fourth-order valence-electron chi connectivity index (χ4n) is 2.94. The predicted octanol–water partition coefficient (Wildman–Crippen LogP) is 2.68. The number of nitrogens with zero attached hydrogens (tertiary/aromatic N) is 3. The van der Waals surface area contributed by atoms with E-state index in [1.807, 2.05) is 29.7 Å². The number of esters is 1. The van der Waals surface area contributed by atoms with Gasteiger partial charge in [-0.15, -0.1) is 0 Å². The summed E-state index contributed by atoms with van der Waals surface area (Å²) >= 11 is 0. The van der Waals surface area contributed by atoms with E-state index < -0.39 is 5.97 Å². The van der Waals surface area contributed by atoms with Gasteiger partial charge < -0.3 is 18.8 Å². The lowest BCUT2D eigenvalue weighted by atomic mass is 10.2. The summed E-state index contributed by atoms with van der Waals surface area (Å²) in [6, 6.07) is 7.45. The number of methoxy groups -OCH3 is 1. The van der Waals surface area contributed by atoms with Gasteiger partial charge in [-0.05, 0) is 31.2 Å². The van der Waals surface area contributed by atoms with E-state index in [1.165, 1.54) is 13.3 Å². The number of benzene rings is 1. The Bertz CT molecular complexity index is 964. The molecule has 0 saturated carbocycles. The molecule has 1 aliphatic rings. The lowest BCUT2D eigenvalue weighted by molar-refractivity contribution is 0.0600. The molecule has 0 radical (unpaired) electrons. The van der Waals surface area contributed by atoms with Crippen molar-refractivity contribution in [2.24, 2.45) is 0 Å². The van der Waals surface area contributed by atoms with Crippen LogP contribution in [-0.4, -0.2) is 40.8 Å². The van der Waals surface area contributed by atoms with Crippen LogP contribution in [0.3, 0.4) is 0 Å². The molecule has 3 heterocycles. The molecule has 0 fully saturated rings. The van der Waals surface area contributed by atoms with Crippen LogP contribution in [0.4, 0.5) is 0 Å². The van der Waals surface area contributed by atoms with Gasteiger partial charge in [0.05, 0.1) is 12.7 Å². The lowest BCUT2D eigenvalue weighted by Crippen LogP contribution is -2.15. The van der Waals surface area contributed by atoms with Gasteiger partial charge in [-0.1, -0.05) is 0 Å². The van der Waals surface area contributed by atoms with Crippen molar-refractivity contribution in [1.29, 1.82) is 0 Å². The second kappa shape index (κ2) is 6.08. The first-order valence-electron chi connectivity index (χ1n) is 8.06. The molecule has 7 heteroatoms. The summed E-state index contributed by atoms with van der Waals surface area (Å²) in [5, 5.41) is 0. The summed E-state index contributed by atoms with van der Waals surface area (Å²) in [5.74, 6) is 1.78. The van der Waals surface area contributed by atoms with Crippen LogP contribution in [0.25, 0.3) is 22.6 Å². The van der Waals surface area contributed by atoms with E-state index in [1.54, 1.807) is 6.07 Å². The third-order valence-electron chi connectivity index (χ3n) is 4.12. The zero-order valence-corrected chi connectivity index (χ0v) is 14.0. The summed E-state index contributed by atoms with van der Waals surface area (Å²) in [5.41, 5.74) is 2.66. The van der Waals surface area contributed by atoms with Crippen molar-refractivity contribution in [1.82, 2.24) is 14.5 Å². The quantitative estimate of drug-likeness (QED) is 0.683. The smallest absolute Gasteiger partial charge is 0.339 e. The molecule has 128 valence electrons. The van der Waals surface area contributed by atoms with E-state index in [2.05, 4.69) is 9.97 Å². The highest BCUT2D eigenvalue weighted by Crippen LogP contribution is 2.35. The molecule has 0 aliphatic carbocycles. The van der Waals surface area contributed by atoms with Gasteiger partial charge in [-0.3, -0.25) is 0 Å². The van der Waals surface area contributed by atoms with Gasteiger partial charge in [-0.2, -0.15) is 0 Å². The maximum absolute atomic E-state index is 11.7. The van der Waals surface area contributed by atoms with Gasteiger partial charge in [0.25, 0.3) is 0 Å². The van der Waals surface area contributed by atoms with Gasteiger partial charge in [0, 0.05) is 18.3 Å². The van der Waals surface area contributed by atoms with Crippen LogP contribution in [0.2, 0.25) is 0 Å². The van der Waals surface area contributed by atoms with Crippen LogP contribution in [0.15, 0.2) is 30.5 Å². The number of carbonyl (C=O) groups is 1. The number of hydrogen-bond acceptors (Lipinski definition) is 6. The molecular formula is C18H17N3O4. The highest BCUT2D eigenvalue weighted by Gasteiger charge is 2.18. The summed E-state index contributed by atoms with van der Waals surface area (Å²) < 4.78 is 18.0. The Balaban J connectivity index is 1.85. The van der Waals surface area contributed by atoms with E-state index >= 15 is 0 Å². The zero-order valence-electron chi connectivity index (χ0n) is 14.0. The summed E-state index contributed by atoms with van der Waals surface area (Å²) in [4.78, 5) is 20.8. The van der Waals surface area contributed by atoms with Crippen LogP contribution >= 0.6 is 0 Å². The van der Waals surface area contributed by atoms with Crippen LogP contribution in [0.5, 0.6) is 11.5 Å². The second-order valence-electron chi connectivity index (χ2n) is 5.60. The fourth-order valence-corrected chi connectivity index (χ4v) is 2.94. The van der Waals surface area contributed by atoms with Crippen LogP contribution < -0.4 is 9.47 Å². The van der Waals surface area contributed by atoms with Crippen molar-refractivity contribution in [3.05, 3.63) is 36.0 Å². The van der Waals surface area contributed by atoms with Crippen molar-refractivity contribution < 1.29 is 19.0 Å². The molecule has 0 amide bonds. The molecular weight excluding hydrogens is 322 g/mol. The van der Waals surface area contributed by atoms with Gasteiger partial charge in [0.15, 0.2) is 17.1 Å². The zero-order chi connectivity index (χ0) is 17.4. The Morgan fingerprint density at radius 2 is 2.04 bits per heavy atom. The number of aromatic nitrogens is 3. The average molecular weight is 339 g/mol. The van der Waals surface area contributed by atoms with Crippen molar-refractivity contribution >= 4 is 17.1 Å². The number of pyridine rings is 1. The molecule has 4 rings (SSSR count). The molecule has 25 heavy (non-hydrogen) atoms. The summed E-state index contributed by atoms with van der Waals surface area (Å²) in [6.07, 6.45) is 1.51. The lowest BCUT2D eigenvalue weighted by Gasteiger charge is -2.18. The number of aryl methyl sites for hydroxylation is 1. The monoisotopic (exact) mass is 339 g/mol. The predicted molar refractivity (Wildman–Crippen MR) is 91.0 cm³/mol. The largest absolute Gasteiger partial charge is 0.486 e. The van der Waals surface area contributed by atoms with E-state index in [0.29, 0.717) is 36.6 Å². The van der Waals surface area contributed by atoms with E-state index in [9.17, 15) is 4.79 Å². The van der Waals surface area contributed by atoms with Crippen molar-refractivity contribution in [2.45, 2.75) is 13.5 Å². The van der Waals surface area contributed by atoms with E-state index in [0.717, 1.165) is 22.8 Å². The fraction of sp³-hybridized carbons (Fsp3) is 0.278. The molecule has 0 unspecified atom stereocenters. The van der Waals surface area contributed by atoms with Crippen LogP contribution in [-0.2, 0) is 11.3 Å². The first kappa shape index (κ1) is 15.4. The van der Waals surface area contributed by atoms with Gasteiger partial charge in [-0.25, -0.2) is 14.8 Å². The van der Waals surface area contributed by atoms with Crippen molar-refractivity contribution in [3.8, 4) is 22.9 Å². The maximum atomic E-state index is 11.7. The molecule has 0 saturated heterocycles. The number of rotatable bonds is 3. The van der Waals surface area contributed by atoms with E-state index in [-0.39, 0.29) is 0 Å². The normalized spacial score (nSPS) is 13.0. The molecule has 0 bridgehead atoms. The van der Waals surface area contributed by atoms with Crippen molar-refractivity contribution in [2.75, 3.05) is 20.3 Å². The molecule has 1 aromatic carbocycles. The van der Waals surface area contributed by atoms with Crippen LogP contribution in [0, 0.1) is 0 Å². The first-order chi connectivity index (χ1) is 12.2. The van der Waals surface area contributed by atoms with Crippen LogP contribution in [0.1, 0.15) is 17.3 Å². The van der Waals surface area contributed by atoms with Crippen molar-refractivity contribution in [3.63, 3.8) is 0 Å². The summed E-state index contributed by atoms with van der Waals surface area (Å²) in [7, 11) is 1.35. The Morgan fingerprint density at radius 3 is 2.80 bits per heavy atom. The molecule has 2 aromatic heterocycles. The van der Waals surface area contributed by atoms with Gasteiger partial charge >= 0.3 is 5.97 Å². The third kappa shape index (κ3) is 2.57. The minimum atomic E-state index is -0.429. The SMILES string of the molecule is CCn1c(-c2ccc3c(c2)OCCO3)nc2cc(C(=O)OC)cnc21. The molecule has 0 spiro atoms. The topological polar surface area (TPSA) is 75.5 Å².